The van der Waals surface area contributed by atoms with Gasteiger partial charge in [-0.05, 0) is 38.1 Å². The van der Waals surface area contributed by atoms with Crippen molar-refractivity contribution in [2.75, 3.05) is 18.0 Å². The molecular formula is C24H23FN6O. The Labute approximate surface area is 185 Å². The molecule has 1 fully saturated rings. The van der Waals surface area contributed by atoms with E-state index in [-0.39, 0.29) is 23.5 Å². The van der Waals surface area contributed by atoms with Crippen LogP contribution in [-0.4, -0.2) is 39.6 Å². The number of fused-ring (bicyclic) bond motifs is 1. The highest BCUT2D eigenvalue weighted by Crippen LogP contribution is 2.29. The molecule has 162 valence electrons. The normalized spacial score (nSPS) is 19.0. The molecule has 0 unspecified atom stereocenters. The molecule has 3 aromatic rings. The van der Waals surface area contributed by atoms with Crippen LogP contribution in [0.5, 0.6) is 0 Å². The van der Waals surface area contributed by atoms with Crippen molar-refractivity contribution in [2.24, 2.45) is 7.05 Å². The number of benzene rings is 1. The summed E-state index contributed by atoms with van der Waals surface area (Å²) in [5.41, 5.74) is 3.03. The average molecular weight is 430 g/mol. The predicted octanol–water partition coefficient (Wildman–Crippen LogP) is 2.92. The Morgan fingerprint density at radius 1 is 1.09 bits per heavy atom. The maximum Gasteiger partial charge on any atom is 0.252 e. The minimum absolute atomic E-state index is 0.0375. The third-order valence-corrected chi connectivity index (χ3v) is 6.16. The highest BCUT2D eigenvalue weighted by molar-refractivity contribution is 5.89. The first-order chi connectivity index (χ1) is 15.3. The van der Waals surface area contributed by atoms with E-state index in [9.17, 15) is 14.4 Å². The first kappa shape index (κ1) is 21.5. The highest BCUT2D eigenvalue weighted by Gasteiger charge is 2.31. The minimum Gasteiger partial charge on any atom is -0.364 e. The molecule has 7 nitrogen and oxygen atoms in total. The zero-order valence-electron chi connectivity index (χ0n) is 18.2. The third kappa shape index (κ3) is 3.81. The van der Waals surface area contributed by atoms with Crippen LogP contribution in [0.1, 0.15) is 30.7 Å². The first-order valence-corrected chi connectivity index (χ1v) is 10.4. The van der Waals surface area contributed by atoms with E-state index < -0.39 is 0 Å². The van der Waals surface area contributed by atoms with E-state index in [4.69, 9.17) is 5.26 Å². The van der Waals surface area contributed by atoms with Gasteiger partial charge in [-0.2, -0.15) is 10.5 Å². The van der Waals surface area contributed by atoms with E-state index in [1.54, 1.807) is 37.4 Å². The van der Waals surface area contributed by atoms with Crippen molar-refractivity contribution in [1.29, 1.82) is 10.5 Å². The molecule has 0 aliphatic carbocycles. The molecule has 3 heterocycles. The van der Waals surface area contributed by atoms with Gasteiger partial charge in [0.15, 0.2) is 0 Å². The molecule has 0 saturated carbocycles. The van der Waals surface area contributed by atoms with Crippen molar-refractivity contribution < 1.29 is 4.39 Å². The monoisotopic (exact) mass is 430 g/mol. The van der Waals surface area contributed by atoms with Crippen molar-refractivity contribution in [3.05, 3.63) is 69.4 Å². The minimum atomic E-state index is -0.378. The average Bonchev–Trinajstić information content (AvgIpc) is 2.79. The number of hydrogen-bond donors (Lipinski definition) is 0. The smallest absolute Gasteiger partial charge is 0.252 e. The van der Waals surface area contributed by atoms with Crippen LogP contribution in [-0.2, 0) is 13.6 Å². The Hall–Kier alpha value is -3.75. The third-order valence-electron chi connectivity index (χ3n) is 6.16. The molecule has 0 radical (unpaired) electrons. The molecule has 1 aromatic carbocycles. The van der Waals surface area contributed by atoms with Gasteiger partial charge in [-0.25, -0.2) is 9.37 Å². The van der Waals surface area contributed by atoms with Crippen LogP contribution in [0.25, 0.3) is 11.0 Å². The second-order valence-corrected chi connectivity index (χ2v) is 8.30. The van der Waals surface area contributed by atoms with Crippen LogP contribution >= 0.6 is 0 Å². The van der Waals surface area contributed by atoms with E-state index >= 15 is 0 Å². The molecule has 1 saturated heterocycles. The topological polar surface area (TPSA) is 88.9 Å². The number of hydrogen-bond acceptors (Lipinski definition) is 6. The molecule has 0 spiro atoms. The summed E-state index contributed by atoms with van der Waals surface area (Å²) in [5.74, 6) is -0.378. The molecule has 4 rings (SSSR count). The summed E-state index contributed by atoms with van der Waals surface area (Å²) < 4.78 is 16.0. The zero-order chi connectivity index (χ0) is 23.0. The molecule has 0 amide bonds. The molecule has 32 heavy (non-hydrogen) atoms. The lowest BCUT2D eigenvalue weighted by Crippen LogP contribution is -2.56. The standard InChI is InChI=1S/C24H23FN6O/c1-15-13-31(16(2)12-30(15)14-18-5-4-17(10-26)8-20(18)25)22-9-23(32)29(3)21-7-6-19(11-27)28-24(21)22/h4-9,15-16H,12-14H2,1-3H3/t15-,16+/m1/s1. The van der Waals surface area contributed by atoms with Gasteiger partial charge in [0.25, 0.3) is 5.56 Å². The summed E-state index contributed by atoms with van der Waals surface area (Å²) in [4.78, 5) is 21.4. The van der Waals surface area contributed by atoms with Gasteiger partial charge >= 0.3 is 0 Å². The SMILES string of the molecule is C[C@@H]1CN(c2cc(=O)n(C)c3ccc(C#N)nc23)[C@@H](C)CN1Cc1ccc(C#N)cc1F. The maximum absolute atomic E-state index is 14.4. The van der Waals surface area contributed by atoms with Crippen molar-refractivity contribution in [1.82, 2.24) is 14.5 Å². The van der Waals surface area contributed by atoms with E-state index in [0.717, 1.165) is 0 Å². The molecule has 8 heteroatoms. The Kier molecular flexibility index (Phi) is 5.65. The molecule has 1 aliphatic heterocycles. The molecule has 1 aliphatic rings. The van der Waals surface area contributed by atoms with Gasteiger partial charge in [-0.3, -0.25) is 9.69 Å². The molecule has 0 bridgehead atoms. The van der Waals surface area contributed by atoms with Crippen LogP contribution in [0.4, 0.5) is 10.1 Å². The van der Waals surface area contributed by atoms with Gasteiger partial charge in [0.2, 0.25) is 0 Å². The quantitative estimate of drug-likeness (QED) is 0.635. The molecule has 0 N–H and O–H groups in total. The summed E-state index contributed by atoms with van der Waals surface area (Å²) >= 11 is 0. The van der Waals surface area contributed by atoms with Gasteiger partial charge in [-0.15, -0.1) is 0 Å². The van der Waals surface area contributed by atoms with Crippen molar-refractivity contribution in [3.63, 3.8) is 0 Å². The van der Waals surface area contributed by atoms with Crippen LogP contribution in [0.2, 0.25) is 0 Å². The van der Waals surface area contributed by atoms with E-state index in [1.807, 2.05) is 6.07 Å². The van der Waals surface area contributed by atoms with Crippen LogP contribution in [0.3, 0.4) is 0 Å². The van der Waals surface area contributed by atoms with E-state index in [0.29, 0.717) is 53.2 Å². The fraction of sp³-hybridized carbons (Fsp3) is 0.333. The summed E-state index contributed by atoms with van der Waals surface area (Å²) in [7, 11) is 1.69. The van der Waals surface area contributed by atoms with Crippen molar-refractivity contribution in [3.8, 4) is 12.1 Å². The van der Waals surface area contributed by atoms with Gasteiger partial charge < -0.3 is 9.47 Å². The van der Waals surface area contributed by atoms with E-state index in [1.165, 1.54) is 10.6 Å². The summed E-state index contributed by atoms with van der Waals surface area (Å²) in [6.45, 7) is 5.85. The van der Waals surface area contributed by atoms with Crippen LogP contribution < -0.4 is 10.5 Å². The van der Waals surface area contributed by atoms with Gasteiger partial charge in [0.1, 0.15) is 23.1 Å². The summed E-state index contributed by atoms with van der Waals surface area (Å²) in [5, 5.41) is 18.3. The number of pyridine rings is 2. The lowest BCUT2D eigenvalue weighted by Gasteiger charge is -2.45. The first-order valence-electron chi connectivity index (χ1n) is 10.4. The number of rotatable bonds is 3. The zero-order valence-corrected chi connectivity index (χ0v) is 18.2. The predicted molar refractivity (Wildman–Crippen MR) is 119 cm³/mol. The van der Waals surface area contributed by atoms with E-state index in [2.05, 4.69) is 34.7 Å². The fourth-order valence-electron chi connectivity index (χ4n) is 4.31. The largest absolute Gasteiger partial charge is 0.364 e. The summed E-state index contributed by atoms with van der Waals surface area (Å²) in [6, 6.07) is 13.7. The highest BCUT2D eigenvalue weighted by atomic mass is 19.1. The second-order valence-electron chi connectivity index (χ2n) is 8.30. The maximum atomic E-state index is 14.4. The van der Waals surface area contributed by atoms with Gasteiger partial charge in [0, 0.05) is 50.4 Å². The Balaban J connectivity index is 1.65. The van der Waals surface area contributed by atoms with Crippen LogP contribution in [0.15, 0.2) is 41.2 Å². The number of anilines is 1. The van der Waals surface area contributed by atoms with Crippen molar-refractivity contribution >= 4 is 16.7 Å². The lowest BCUT2D eigenvalue weighted by atomic mass is 10.0. The van der Waals surface area contributed by atoms with Crippen molar-refractivity contribution in [2.45, 2.75) is 32.5 Å². The number of piperazine rings is 1. The molecule has 2 aromatic heterocycles. The Morgan fingerprint density at radius 2 is 1.88 bits per heavy atom. The number of nitriles is 2. The van der Waals surface area contributed by atoms with Gasteiger partial charge in [-0.1, -0.05) is 6.07 Å². The molecular weight excluding hydrogens is 407 g/mol. The summed E-state index contributed by atoms with van der Waals surface area (Å²) in [6.07, 6.45) is 0. The second kappa shape index (κ2) is 8.41. The number of aromatic nitrogens is 2. The number of nitrogens with zero attached hydrogens (tertiary/aromatic N) is 6. The van der Waals surface area contributed by atoms with Gasteiger partial charge in [0.05, 0.1) is 22.8 Å². The van der Waals surface area contributed by atoms with Crippen LogP contribution in [0, 0.1) is 28.5 Å². The molecule has 2 atom stereocenters. The lowest BCUT2D eigenvalue weighted by molar-refractivity contribution is 0.156. The fourth-order valence-corrected chi connectivity index (χ4v) is 4.31. The number of aryl methyl sites for hydroxylation is 1. The Bertz CT molecular complexity index is 1340. The Morgan fingerprint density at radius 3 is 2.56 bits per heavy atom. The number of halogens is 1.